The molecule has 31 heavy (non-hydrogen) atoms. The molecule has 0 radical (unpaired) electrons. The van der Waals surface area contributed by atoms with Gasteiger partial charge in [-0.3, -0.25) is 9.59 Å². The van der Waals surface area contributed by atoms with Gasteiger partial charge < -0.3 is 15.0 Å². The second-order valence-corrected chi connectivity index (χ2v) is 9.22. The highest BCUT2D eigenvalue weighted by Gasteiger charge is 2.25. The molecule has 2 aromatic carbocycles. The van der Waals surface area contributed by atoms with Crippen LogP contribution in [0.15, 0.2) is 53.0 Å². The number of amides is 2. The number of rotatable bonds is 11. The molecule has 2 amide bonds. The minimum absolute atomic E-state index is 0.0742. The first kappa shape index (κ1) is 25.2. The van der Waals surface area contributed by atoms with E-state index < -0.39 is 6.04 Å². The molecule has 7 heteroatoms. The third kappa shape index (κ3) is 8.91. The Morgan fingerprint density at radius 1 is 1.06 bits per heavy atom. The second-order valence-electron chi connectivity index (χ2n) is 7.87. The number of halogens is 2. The molecule has 5 nitrogen and oxygen atoms in total. The van der Waals surface area contributed by atoms with Crippen molar-refractivity contribution in [3.63, 3.8) is 0 Å². The minimum atomic E-state index is -0.563. The van der Waals surface area contributed by atoms with Crippen molar-refractivity contribution in [2.45, 2.75) is 46.2 Å². The largest absolute Gasteiger partial charge is 0.494 e. The summed E-state index contributed by atoms with van der Waals surface area (Å²) >= 11 is 9.30. The van der Waals surface area contributed by atoms with E-state index in [9.17, 15) is 9.59 Å². The van der Waals surface area contributed by atoms with Crippen LogP contribution in [-0.4, -0.2) is 35.9 Å². The normalized spacial score (nSPS) is 11.8. The van der Waals surface area contributed by atoms with Crippen molar-refractivity contribution in [2.75, 3.05) is 13.2 Å². The Hall–Kier alpha value is -2.05. The highest BCUT2D eigenvalue weighted by Crippen LogP contribution is 2.17. The van der Waals surface area contributed by atoms with Crippen LogP contribution in [0.25, 0.3) is 0 Å². The average molecular weight is 510 g/mol. The molecule has 0 spiro atoms. The Bertz CT molecular complexity index is 841. The number of nitrogens with zero attached hydrogens (tertiary/aromatic N) is 1. The molecule has 0 aliphatic rings. The van der Waals surface area contributed by atoms with E-state index in [1.807, 2.05) is 38.1 Å². The molecule has 0 fully saturated rings. The third-order valence-electron chi connectivity index (χ3n) is 4.74. The van der Waals surface area contributed by atoms with E-state index in [0.29, 0.717) is 49.2 Å². The number of nitrogens with one attached hydrogen (secondary N) is 1. The van der Waals surface area contributed by atoms with Crippen molar-refractivity contribution in [3.05, 3.63) is 63.6 Å². The average Bonchev–Trinajstić information content (AvgIpc) is 2.75. The molecule has 0 aliphatic carbocycles. The van der Waals surface area contributed by atoms with Crippen LogP contribution in [0.1, 0.15) is 39.2 Å². The lowest BCUT2D eigenvalue weighted by Gasteiger charge is -2.29. The molecule has 0 saturated heterocycles. The number of hydrogen-bond donors (Lipinski definition) is 1. The summed E-state index contributed by atoms with van der Waals surface area (Å²) in [7, 11) is 0. The van der Waals surface area contributed by atoms with Crippen molar-refractivity contribution in [1.29, 1.82) is 0 Å². The van der Waals surface area contributed by atoms with Crippen LogP contribution in [0.5, 0.6) is 5.75 Å². The minimum Gasteiger partial charge on any atom is -0.494 e. The highest BCUT2D eigenvalue weighted by atomic mass is 79.9. The van der Waals surface area contributed by atoms with Crippen molar-refractivity contribution >= 4 is 39.3 Å². The Kier molecular flexibility index (Phi) is 10.3. The summed E-state index contributed by atoms with van der Waals surface area (Å²) in [4.78, 5) is 27.3. The Morgan fingerprint density at radius 2 is 1.71 bits per heavy atom. The van der Waals surface area contributed by atoms with Crippen LogP contribution < -0.4 is 10.1 Å². The molecule has 0 aromatic heterocycles. The molecule has 168 valence electrons. The van der Waals surface area contributed by atoms with Crippen LogP contribution in [0.3, 0.4) is 0 Å². The monoisotopic (exact) mass is 508 g/mol. The van der Waals surface area contributed by atoms with E-state index in [4.69, 9.17) is 16.3 Å². The summed E-state index contributed by atoms with van der Waals surface area (Å²) in [5.41, 5.74) is 0.970. The van der Waals surface area contributed by atoms with E-state index in [1.165, 1.54) is 0 Å². The first-order chi connectivity index (χ1) is 14.8. The number of hydrogen-bond acceptors (Lipinski definition) is 3. The van der Waals surface area contributed by atoms with Gasteiger partial charge in [0, 0.05) is 29.0 Å². The molecule has 0 heterocycles. The van der Waals surface area contributed by atoms with Gasteiger partial charge in [0.25, 0.3) is 0 Å². The number of ether oxygens (including phenoxy) is 1. The van der Waals surface area contributed by atoms with Crippen molar-refractivity contribution in [3.8, 4) is 5.75 Å². The summed E-state index contributed by atoms with van der Waals surface area (Å²) in [6, 6.07) is 14.3. The van der Waals surface area contributed by atoms with Crippen molar-refractivity contribution in [1.82, 2.24) is 10.2 Å². The van der Waals surface area contributed by atoms with Crippen LogP contribution >= 0.6 is 27.5 Å². The van der Waals surface area contributed by atoms with Gasteiger partial charge in [0.1, 0.15) is 11.8 Å². The fourth-order valence-electron chi connectivity index (χ4n) is 2.91. The van der Waals surface area contributed by atoms with Crippen LogP contribution in [0.2, 0.25) is 5.02 Å². The SMILES string of the molecule is CC(C)CNC(=O)C(C)N(Cc1ccc(Br)cc1)C(=O)CCCOc1ccc(Cl)cc1. The Labute approximate surface area is 198 Å². The van der Waals surface area contributed by atoms with E-state index in [-0.39, 0.29) is 11.8 Å². The zero-order valence-corrected chi connectivity index (χ0v) is 20.6. The van der Waals surface area contributed by atoms with Gasteiger partial charge in [-0.15, -0.1) is 0 Å². The van der Waals surface area contributed by atoms with E-state index in [0.717, 1.165) is 10.0 Å². The Balaban J connectivity index is 1.97. The predicted octanol–water partition coefficient (Wildman–Crippen LogP) is 5.45. The molecular weight excluding hydrogens is 480 g/mol. The van der Waals surface area contributed by atoms with Gasteiger partial charge in [0.05, 0.1) is 6.61 Å². The van der Waals surface area contributed by atoms with Crippen molar-refractivity contribution in [2.24, 2.45) is 5.92 Å². The maximum absolute atomic E-state index is 13.0. The van der Waals surface area contributed by atoms with E-state index in [1.54, 1.807) is 36.1 Å². The van der Waals surface area contributed by atoms with Gasteiger partial charge in [-0.2, -0.15) is 0 Å². The summed E-state index contributed by atoms with van der Waals surface area (Å²) in [5.74, 6) is 0.841. The van der Waals surface area contributed by atoms with Crippen LogP contribution in [0.4, 0.5) is 0 Å². The smallest absolute Gasteiger partial charge is 0.242 e. The van der Waals surface area contributed by atoms with Crippen molar-refractivity contribution < 1.29 is 14.3 Å². The quantitative estimate of drug-likeness (QED) is 0.410. The molecule has 1 atom stereocenters. The third-order valence-corrected chi connectivity index (χ3v) is 5.52. The lowest BCUT2D eigenvalue weighted by molar-refractivity contribution is -0.140. The number of carbonyl (C=O) groups excluding carboxylic acids is 2. The zero-order chi connectivity index (χ0) is 22.8. The number of carbonyl (C=O) groups is 2. The van der Waals surface area contributed by atoms with E-state index >= 15 is 0 Å². The summed E-state index contributed by atoms with van der Waals surface area (Å²) in [6.45, 7) is 7.22. The topological polar surface area (TPSA) is 58.6 Å². The van der Waals surface area contributed by atoms with Gasteiger partial charge in [0.15, 0.2) is 0 Å². The molecule has 2 rings (SSSR count). The fourth-order valence-corrected chi connectivity index (χ4v) is 3.30. The zero-order valence-electron chi connectivity index (χ0n) is 18.2. The molecular formula is C24H30BrClN2O3. The highest BCUT2D eigenvalue weighted by molar-refractivity contribution is 9.10. The summed E-state index contributed by atoms with van der Waals surface area (Å²) in [6.07, 6.45) is 0.852. The molecule has 0 bridgehead atoms. The second kappa shape index (κ2) is 12.7. The standard InChI is InChI=1S/C24H30BrClN2O3/c1-17(2)15-27-24(30)18(3)28(16-19-6-8-20(25)9-7-19)23(29)5-4-14-31-22-12-10-21(26)11-13-22/h6-13,17-18H,4-5,14-16H2,1-3H3,(H,27,30). The maximum Gasteiger partial charge on any atom is 0.242 e. The predicted molar refractivity (Wildman–Crippen MR) is 128 cm³/mol. The lowest BCUT2D eigenvalue weighted by atomic mass is 10.1. The summed E-state index contributed by atoms with van der Waals surface area (Å²) in [5, 5.41) is 3.58. The number of benzene rings is 2. The van der Waals surface area contributed by atoms with Gasteiger partial charge in [-0.05, 0) is 61.2 Å². The van der Waals surface area contributed by atoms with Crippen LogP contribution in [0, 0.1) is 5.92 Å². The molecule has 1 N–H and O–H groups in total. The first-order valence-corrected chi connectivity index (χ1v) is 11.6. The Morgan fingerprint density at radius 3 is 2.32 bits per heavy atom. The molecule has 2 aromatic rings. The van der Waals surface area contributed by atoms with Gasteiger partial charge >= 0.3 is 0 Å². The van der Waals surface area contributed by atoms with Crippen LogP contribution in [-0.2, 0) is 16.1 Å². The molecule has 0 saturated carbocycles. The summed E-state index contributed by atoms with van der Waals surface area (Å²) < 4.78 is 6.65. The maximum atomic E-state index is 13.0. The molecule has 0 aliphatic heterocycles. The van der Waals surface area contributed by atoms with Gasteiger partial charge in [-0.1, -0.05) is 53.5 Å². The molecule has 1 unspecified atom stereocenters. The first-order valence-electron chi connectivity index (χ1n) is 10.5. The van der Waals surface area contributed by atoms with Gasteiger partial charge in [0.2, 0.25) is 11.8 Å². The fraction of sp³-hybridized carbons (Fsp3) is 0.417. The van der Waals surface area contributed by atoms with Gasteiger partial charge in [-0.25, -0.2) is 0 Å². The lowest BCUT2D eigenvalue weighted by Crippen LogP contribution is -2.48. The van der Waals surface area contributed by atoms with E-state index in [2.05, 4.69) is 21.2 Å².